The van der Waals surface area contributed by atoms with E-state index in [1.807, 2.05) is 32.9 Å². The molecule has 0 bridgehead atoms. The average molecular weight is 300 g/mol. The minimum Gasteiger partial charge on any atom is -0.376 e. The fourth-order valence-electron chi connectivity index (χ4n) is 2.29. The van der Waals surface area contributed by atoms with Gasteiger partial charge in [-0.2, -0.15) is 0 Å². The van der Waals surface area contributed by atoms with E-state index >= 15 is 0 Å². The number of nitrogens with one attached hydrogen (secondary N) is 2. The van der Waals surface area contributed by atoms with E-state index in [9.17, 15) is 9.59 Å². The molecule has 2 aromatic carbocycles. The van der Waals surface area contributed by atoms with Gasteiger partial charge in [-0.1, -0.05) is 25.1 Å². The van der Waals surface area contributed by atoms with Crippen molar-refractivity contribution in [3.63, 3.8) is 0 Å². The van der Waals surface area contributed by atoms with E-state index in [1.54, 1.807) is 0 Å². The second-order valence-electron chi connectivity index (χ2n) is 6.48. The van der Waals surface area contributed by atoms with E-state index in [-0.39, 0.29) is 5.54 Å². The van der Waals surface area contributed by atoms with Crippen LogP contribution in [0, 0.1) is 13.8 Å². The lowest BCUT2D eigenvalue weighted by atomic mass is 10.00. The molecule has 0 heterocycles. The summed E-state index contributed by atoms with van der Waals surface area (Å²) in [4.78, 5) is 23.6. The maximum Gasteiger partial charge on any atom is 0.253 e. The Hall–Kier alpha value is -2.10. The van der Waals surface area contributed by atoms with Crippen molar-refractivity contribution in [3.8, 4) is 0 Å². The summed E-state index contributed by atoms with van der Waals surface area (Å²) < 4.78 is 0. The van der Waals surface area contributed by atoms with Crippen LogP contribution in [0.4, 0.5) is 11.4 Å². The van der Waals surface area contributed by atoms with Crippen LogP contribution in [0.1, 0.15) is 43.9 Å². The van der Waals surface area contributed by atoms with Gasteiger partial charge in [-0.3, -0.25) is 9.59 Å². The quantitative estimate of drug-likeness (QED) is 0.805. The zero-order valence-corrected chi connectivity index (χ0v) is 14.0. The molecule has 4 nitrogen and oxygen atoms in total. The molecule has 0 fully saturated rings. The zero-order valence-electron chi connectivity index (χ0n) is 14.0. The van der Waals surface area contributed by atoms with Crippen molar-refractivity contribution >= 4 is 11.4 Å². The van der Waals surface area contributed by atoms with Gasteiger partial charge in [0.25, 0.3) is 10.9 Å². The molecule has 0 spiro atoms. The minimum absolute atomic E-state index is 0.210. The van der Waals surface area contributed by atoms with Gasteiger partial charge in [-0.15, -0.1) is 0 Å². The monoisotopic (exact) mass is 300 g/mol. The van der Waals surface area contributed by atoms with E-state index in [0.717, 1.165) is 12.0 Å². The van der Waals surface area contributed by atoms with Crippen LogP contribution in [-0.4, -0.2) is 5.54 Å². The van der Waals surface area contributed by atoms with Gasteiger partial charge >= 0.3 is 0 Å². The Morgan fingerprint density at radius 1 is 1.05 bits per heavy atom. The van der Waals surface area contributed by atoms with Crippen LogP contribution in [0.3, 0.4) is 0 Å². The molecule has 0 aliphatic carbocycles. The van der Waals surface area contributed by atoms with Crippen molar-refractivity contribution in [1.29, 1.82) is 0 Å². The SMILES string of the molecule is CCC(C)(C)Nc1c(NCc2cccc(C)c2C)c(=O)c1=O. The van der Waals surface area contributed by atoms with Crippen LogP contribution in [0.15, 0.2) is 27.8 Å². The van der Waals surface area contributed by atoms with Gasteiger partial charge in [0.05, 0.1) is 0 Å². The van der Waals surface area contributed by atoms with Crippen LogP contribution in [0.25, 0.3) is 0 Å². The molecule has 0 atom stereocenters. The van der Waals surface area contributed by atoms with Crippen LogP contribution in [0.5, 0.6) is 0 Å². The molecule has 0 saturated carbocycles. The van der Waals surface area contributed by atoms with Gasteiger partial charge in [-0.05, 0) is 50.8 Å². The van der Waals surface area contributed by atoms with Crippen LogP contribution >= 0.6 is 0 Å². The molecule has 0 radical (unpaired) electrons. The molecule has 0 saturated heterocycles. The van der Waals surface area contributed by atoms with Gasteiger partial charge in [0.15, 0.2) is 0 Å². The maximum absolute atomic E-state index is 11.8. The Kier molecular flexibility index (Phi) is 4.40. The van der Waals surface area contributed by atoms with E-state index in [1.165, 1.54) is 11.1 Å². The minimum atomic E-state index is -0.431. The predicted octanol–water partition coefficient (Wildman–Crippen LogP) is 3.11. The van der Waals surface area contributed by atoms with Crippen molar-refractivity contribution in [3.05, 3.63) is 55.3 Å². The van der Waals surface area contributed by atoms with Crippen LogP contribution in [-0.2, 0) is 6.54 Å². The molecule has 2 N–H and O–H groups in total. The third-order valence-electron chi connectivity index (χ3n) is 4.43. The summed E-state index contributed by atoms with van der Waals surface area (Å²) in [6, 6.07) is 6.09. The second-order valence-corrected chi connectivity index (χ2v) is 6.48. The van der Waals surface area contributed by atoms with Gasteiger partial charge < -0.3 is 10.6 Å². The molecule has 22 heavy (non-hydrogen) atoms. The smallest absolute Gasteiger partial charge is 0.253 e. The van der Waals surface area contributed by atoms with E-state index in [4.69, 9.17) is 0 Å². The van der Waals surface area contributed by atoms with Crippen molar-refractivity contribution in [2.24, 2.45) is 0 Å². The van der Waals surface area contributed by atoms with Gasteiger partial charge in [0, 0.05) is 12.1 Å². The topological polar surface area (TPSA) is 58.2 Å². The highest BCUT2D eigenvalue weighted by atomic mass is 16.2. The standard InChI is InChI=1S/C18H24N2O2/c1-6-18(4,5)20-15-14(16(21)17(15)22)19-10-13-9-7-8-11(2)12(13)3/h7-9,19-20H,6,10H2,1-5H3. The van der Waals surface area contributed by atoms with Crippen LogP contribution < -0.4 is 21.5 Å². The Morgan fingerprint density at radius 2 is 1.68 bits per heavy atom. The molecule has 2 aromatic rings. The fraction of sp³-hybridized carbons (Fsp3) is 0.444. The number of hydrogen-bond donors (Lipinski definition) is 2. The Labute approximate surface area is 131 Å². The highest BCUT2D eigenvalue weighted by Crippen LogP contribution is 2.23. The highest BCUT2D eigenvalue weighted by molar-refractivity contribution is 5.74. The first-order valence-electron chi connectivity index (χ1n) is 7.67. The van der Waals surface area contributed by atoms with E-state index in [2.05, 4.69) is 30.5 Å². The summed E-state index contributed by atoms with van der Waals surface area (Å²) >= 11 is 0. The molecule has 0 amide bonds. The number of anilines is 2. The van der Waals surface area contributed by atoms with E-state index in [0.29, 0.717) is 17.9 Å². The van der Waals surface area contributed by atoms with Crippen molar-refractivity contribution in [1.82, 2.24) is 0 Å². The molecule has 4 heteroatoms. The van der Waals surface area contributed by atoms with Crippen molar-refractivity contribution in [2.45, 2.75) is 53.1 Å². The number of rotatable bonds is 6. The van der Waals surface area contributed by atoms with Crippen molar-refractivity contribution in [2.75, 3.05) is 10.6 Å². The van der Waals surface area contributed by atoms with Gasteiger partial charge in [0.1, 0.15) is 11.4 Å². The first-order valence-corrected chi connectivity index (χ1v) is 7.67. The molecular formula is C18H24N2O2. The second kappa shape index (κ2) is 5.95. The molecule has 0 aliphatic heterocycles. The predicted molar refractivity (Wildman–Crippen MR) is 92.6 cm³/mol. The summed E-state index contributed by atoms with van der Waals surface area (Å²) in [6.45, 7) is 10.7. The van der Waals surface area contributed by atoms with E-state index < -0.39 is 10.9 Å². The van der Waals surface area contributed by atoms with Crippen LogP contribution in [0.2, 0.25) is 0 Å². The number of benzene rings is 1. The molecule has 0 aliphatic rings. The summed E-state index contributed by atoms with van der Waals surface area (Å²) in [5, 5.41) is 6.31. The van der Waals surface area contributed by atoms with Gasteiger partial charge in [-0.25, -0.2) is 0 Å². The third-order valence-corrected chi connectivity index (χ3v) is 4.43. The maximum atomic E-state index is 11.8. The first kappa shape index (κ1) is 16.3. The summed E-state index contributed by atoms with van der Waals surface area (Å²) in [5.41, 5.74) is 3.32. The van der Waals surface area contributed by atoms with Crippen molar-refractivity contribution < 1.29 is 0 Å². The third kappa shape index (κ3) is 3.06. The molecular weight excluding hydrogens is 276 g/mol. The summed E-state index contributed by atoms with van der Waals surface area (Å²) in [5.74, 6) is 0. The average Bonchev–Trinajstić information content (AvgIpc) is 2.49. The fourth-order valence-corrected chi connectivity index (χ4v) is 2.29. The number of hydrogen-bond acceptors (Lipinski definition) is 4. The lowest BCUT2D eigenvalue weighted by molar-refractivity contribution is 0.546. The largest absolute Gasteiger partial charge is 0.376 e. The zero-order chi connectivity index (χ0) is 16.5. The molecule has 2 rings (SSSR count). The molecule has 0 aromatic heterocycles. The lowest BCUT2D eigenvalue weighted by Gasteiger charge is -2.28. The highest BCUT2D eigenvalue weighted by Gasteiger charge is 2.25. The number of aryl methyl sites for hydroxylation is 1. The lowest BCUT2D eigenvalue weighted by Crippen LogP contribution is -2.42. The first-order chi connectivity index (χ1) is 10.3. The van der Waals surface area contributed by atoms with Gasteiger partial charge in [0.2, 0.25) is 0 Å². The Bertz CT molecular complexity index is 753. The Balaban J connectivity index is 2.18. The molecule has 0 unspecified atom stereocenters. The summed E-state index contributed by atoms with van der Waals surface area (Å²) in [7, 11) is 0. The normalized spacial score (nSPS) is 11.7. The Morgan fingerprint density at radius 3 is 2.32 bits per heavy atom. The summed E-state index contributed by atoms with van der Waals surface area (Å²) in [6.07, 6.45) is 0.863. The molecule has 118 valence electrons.